The fourth-order valence-corrected chi connectivity index (χ4v) is 6.49. The molecule has 0 bridgehead atoms. The summed E-state index contributed by atoms with van der Waals surface area (Å²) in [5, 5.41) is 20.2. The topological polar surface area (TPSA) is 40.5 Å². The Labute approximate surface area is 258 Å². The second-order valence-electron chi connectivity index (χ2n) is 14.0. The molecule has 230 valence electrons. The van der Waals surface area contributed by atoms with E-state index in [1.54, 1.807) is 0 Å². The van der Waals surface area contributed by atoms with Gasteiger partial charge in [-0.2, -0.15) is 0 Å². The maximum atomic E-state index is 10.1. The SMILES string of the molecule is CC1=C(/C=C/C(C)=C/C=C/C(C)=C/C=C/C=C(C)/C=C/C=C(/C)CCC2=C(C)C[C@H](O)CC2(C)C)C(C)(C)C[C@@H](O)C1. The van der Waals surface area contributed by atoms with Crippen molar-refractivity contribution in [1.82, 2.24) is 0 Å². The molecular weight excluding hydrogens is 512 g/mol. The van der Waals surface area contributed by atoms with E-state index in [0.29, 0.717) is 0 Å². The molecule has 0 aromatic rings. The van der Waals surface area contributed by atoms with Crippen LogP contribution in [0.2, 0.25) is 0 Å². The lowest BCUT2D eigenvalue weighted by Gasteiger charge is -2.37. The molecule has 0 amide bonds. The fourth-order valence-electron chi connectivity index (χ4n) is 6.49. The Morgan fingerprint density at radius 2 is 1.14 bits per heavy atom. The molecular formula is C40H58O2. The molecule has 0 aromatic heterocycles. The van der Waals surface area contributed by atoms with Gasteiger partial charge in [0.25, 0.3) is 0 Å². The summed E-state index contributed by atoms with van der Waals surface area (Å²) >= 11 is 0. The molecule has 2 heteroatoms. The van der Waals surface area contributed by atoms with Crippen molar-refractivity contribution in [2.24, 2.45) is 10.8 Å². The van der Waals surface area contributed by atoms with Crippen LogP contribution in [0, 0.1) is 10.8 Å². The van der Waals surface area contributed by atoms with E-state index in [1.807, 2.05) is 0 Å². The van der Waals surface area contributed by atoms with Crippen LogP contribution >= 0.6 is 0 Å². The third-order valence-electron chi connectivity index (χ3n) is 8.67. The van der Waals surface area contributed by atoms with E-state index in [9.17, 15) is 10.2 Å². The standard InChI is InChI=1S/C40H58O2/c1-29(17-13-19-31(3)21-23-37-33(5)25-35(41)27-39(37,7)8)15-11-12-16-30(2)18-14-20-32(4)22-24-38-34(6)26-36(42)28-40(38,9)10/h11-21,23,35-36,41-42H,22,24-28H2,1-10H3/b12-11+,17-13+,18-14+,23-21+,29-15+,30-16+,31-19+,32-20-/t35-,36-/m0/s1. The summed E-state index contributed by atoms with van der Waals surface area (Å²) in [6, 6.07) is 0. The minimum Gasteiger partial charge on any atom is -0.393 e. The van der Waals surface area contributed by atoms with Crippen LogP contribution in [-0.4, -0.2) is 22.4 Å². The molecule has 0 heterocycles. The Kier molecular flexibility index (Phi) is 13.7. The quantitative estimate of drug-likeness (QED) is 0.192. The minimum atomic E-state index is -0.224. The van der Waals surface area contributed by atoms with Crippen LogP contribution in [0.5, 0.6) is 0 Å². The van der Waals surface area contributed by atoms with E-state index < -0.39 is 0 Å². The molecule has 2 aliphatic rings. The maximum absolute atomic E-state index is 10.1. The monoisotopic (exact) mass is 570 g/mol. The second-order valence-corrected chi connectivity index (χ2v) is 14.0. The minimum absolute atomic E-state index is 0.00810. The van der Waals surface area contributed by atoms with E-state index in [2.05, 4.69) is 142 Å². The van der Waals surface area contributed by atoms with Crippen LogP contribution in [0.1, 0.15) is 108 Å². The highest BCUT2D eigenvalue weighted by Crippen LogP contribution is 2.43. The van der Waals surface area contributed by atoms with Gasteiger partial charge in [0, 0.05) is 0 Å². The molecule has 0 unspecified atom stereocenters. The zero-order valence-corrected chi connectivity index (χ0v) is 28.2. The molecule has 0 saturated carbocycles. The van der Waals surface area contributed by atoms with Crippen molar-refractivity contribution in [2.45, 2.75) is 120 Å². The number of rotatable bonds is 11. The molecule has 0 saturated heterocycles. The van der Waals surface area contributed by atoms with Gasteiger partial charge >= 0.3 is 0 Å². The van der Waals surface area contributed by atoms with Gasteiger partial charge in [0.1, 0.15) is 0 Å². The fraction of sp³-hybridized carbons (Fsp3) is 0.500. The van der Waals surface area contributed by atoms with Crippen LogP contribution in [0.3, 0.4) is 0 Å². The molecule has 2 atom stereocenters. The van der Waals surface area contributed by atoms with Gasteiger partial charge in [-0.3, -0.25) is 0 Å². The first-order chi connectivity index (χ1) is 19.6. The average Bonchev–Trinajstić information content (AvgIpc) is 2.84. The van der Waals surface area contributed by atoms with Crippen LogP contribution in [-0.2, 0) is 0 Å². The van der Waals surface area contributed by atoms with Crippen molar-refractivity contribution in [3.63, 3.8) is 0 Å². The molecule has 2 rings (SSSR count). The number of aliphatic hydroxyl groups is 2. The van der Waals surface area contributed by atoms with Gasteiger partial charge in [-0.1, -0.05) is 140 Å². The zero-order chi connectivity index (χ0) is 31.5. The summed E-state index contributed by atoms with van der Waals surface area (Å²) in [4.78, 5) is 0. The lowest BCUT2D eigenvalue weighted by atomic mass is 9.70. The molecule has 2 N–H and O–H groups in total. The van der Waals surface area contributed by atoms with Crippen LogP contribution in [0.4, 0.5) is 0 Å². The summed E-state index contributed by atoms with van der Waals surface area (Å²) < 4.78 is 0. The van der Waals surface area contributed by atoms with E-state index >= 15 is 0 Å². The van der Waals surface area contributed by atoms with Crippen molar-refractivity contribution in [3.8, 4) is 0 Å². The van der Waals surface area contributed by atoms with Crippen molar-refractivity contribution in [3.05, 3.63) is 117 Å². The van der Waals surface area contributed by atoms with Crippen molar-refractivity contribution < 1.29 is 10.2 Å². The molecule has 0 radical (unpaired) electrons. The molecule has 2 nitrogen and oxygen atoms in total. The Morgan fingerprint density at radius 1 is 0.667 bits per heavy atom. The first-order valence-electron chi connectivity index (χ1n) is 15.7. The van der Waals surface area contributed by atoms with Crippen LogP contribution in [0.25, 0.3) is 0 Å². The number of aliphatic hydroxyl groups excluding tert-OH is 2. The Morgan fingerprint density at radius 3 is 1.69 bits per heavy atom. The summed E-state index contributed by atoms with van der Waals surface area (Å²) in [7, 11) is 0. The molecule has 0 spiro atoms. The van der Waals surface area contributed by atoms with Crippen molar-refractivity contribution in [2.75, 3.05) is 0 Å². The van der Waals surface area contributed by atoms with Gasteiger partial charge in [0.05, 0.1) is 12.2 Å². The predicted molar refractivity (Wildman–Crippen MR) is 184 cm³/mol. The van der Waals surface area contributed by atoms with Gasteiger partial charge in [-0.05, 0) is 96.5 Å². The van der Waals surface area contributed by atoms with Crippen LogP contribution in [0.15, 0.2) is 117 Å². The highest BCUT2D eigenvalue weighted by Gasteiger charge is 2.32. The smallest absolute Gasteiger partial charge is 0.0585 e. The average molecular weight is 571 g/mol. The van der Waals surface area contributed by atoms with E-state index in [0.717, 1.165) is 38.5 Å². The molecule has 2 aliphatic carbocycles. The summed E-state index contributed by atoms with van der Waals surface area (Å²) in [5.74, 6) is 0. The third-order valence-corrected chi connectivity index (χ3v) is 8.67. The maximum Gasteiger partial charge on any atom is 0.0585 e. The first kappa shape index (κ1) is 35.5. The molecule has 0 aliphatic heterocycles. The first-order valence-corrected chi connectivity index (χ1v) is 15.7. The van der Waals surface area contributed by atoms with E-state index in [-0.39, 0.29) is 23.0 Å². The number of hydrogen-bond donors (Lipinski definition) is 2. The van der Waals surface area contributed by atoms with E-state index in [4.69, 9.17) is 0 Å². The Balaban J connectivity index is 1.86. The van der Waals surface area contributed by atoms with E-state index in [1.165, 1.54) is 44.6 Å². The number of hydrogen-bond acceptors (Lipinski definition) is 2. The Bertz CT molecular complexity index is 1240. The van der Waals surface area contributed by atoms with Gasteiger partial charge < -0.3 is 10.2 Å². The lowest BCUT2D eigenvalue weighted by Crippen LogP contribution is -2.29. The Hall–Kier alpha value is -2.68. The normalized spacial score (nSPS) is 24.9. The predicted octanol–water partition coefficient (Wildman–Crippen LogP) is 10.8. The van der Waals surface area contributed by atoms with Crippen molar-refractivity contribution >= 4 is 0 Å². The van der Waals surface area contributed by atoms with Gasteiger partial charge in [-0.25, -0.2) is 0 Å². The third kappa shape index (κ3) is 11.9. The molecule has 42 heavy (non-hydrogen) atoms. The van der Waals surface area contributed by atoms with Gasteiger partial charge in [-0.15, -0.1) is 0 Å². The molecule has 0 fully saturated rings. The molecule has 0 aromatic carbocycles. The largest absolute Gasteiger partial charge is 0.393 e. The lowest BCUT2D eigenvalue weighted by molar-refractivity contribution is 0.113. The van der Waals surface area contributed by atoms with Crippen molar-refractivity contribution in [1.29, 1.82) is 0 Å². The summed E-state index contributed by atoms with van der Waals surface area (Å²) in [6.45, 7) is 21.9. The number of allylic oxidation sites excluding steroid dienone is 18. The second kappa shape index (κ2) is 16.2. The van der Waals surface area contributed by atoms with Gasteiger partial charge in [0.2, 0.25) is 0 Å². The highest BCUT2D eigenvalue weighted by atomic mass is 16.3. The zero-order valence-electron chi connectivity index (χ0n) is 28.2. The van der Waals surface area contributed by atoms with Crippen LogP contribution < -0.4 is 0 Å². The van der Waals surface area contributed by atoms with Gasteiger partial charge in [0.15, 0.2) is 0 Å². The summed E-state index contributed by atoms with van der Waals surface area (Å²) in [6.07, 6.45) is 30.7. The highest BCUT2D eigenvalue weighted by molar-refractivity contribution is 5.38. The summed E-state index contributed by atoms with van der Waals surface area (Å²) in [5.41, 5.74) is 10.6.